The van der Waals surface area contributed by atoms with Gasteiger partial charge in [-0.05, 0) is 72.7 Å². The molecule has 1 heterocycles. The number of hydrogen-bond donors (Lipinski definition) is 2. The van der Waals surface area contributed by atoms with Crippen molar-refractivity contribution in [2.75, 3.05) is 11.5 Å². The highest BCUT2D eigenvalue weighted by molar-refractivity contribution is 6.39. The van der Waals surface area contributed by atoms with Gasteiger partial charge in [0.25, 0.3) is 11.8 Å². The minimum absolute atomic E-state index is 0.0217. The number of hydrogen-bond acceptors (Lipinski definition) is 6. The van der Waals surface area contributed by atoms with E-state index in [0.29, 0.717) is 28.7 Å². The Hall–Kier alpha value is -4.30. The van der Waals surface area contributed by atoms with Crippen LogP contribution in [0, 0.1) is 0 Å². The molecule has 0 bridgehead atoms. The van der Waals surface area contributed by atoms with Crippen LogP contribution in [0.4, 0.5) is 10.5 Å². The van der Waals surface area contributed by atoms with E-state index in [1.54, 1.807) is 30.3 Å². The Morgan fingerprint density at radius 2 is 1.74 bits per heavy atom. The maximum Gasteiger partial charge on any atom is 0.335 e. The quantitative estimate of drug-likeness (QED) is 0.366. The highest BCUT2D eigenvalue weighted by Gasteiger charge is 2.36. The van der Waals surface area contributed by atoms with Gasteiger partial charge in [0.15, 0.2) is 11.5 Å². The molecule has 0 unspecified atom stereocenters. The van der Waals surface area contributed by atoms with Crippen LogP contribution in [0.5, 0.6) is 17.2 Å². The van der Waals surface area contributed by atoms with Crippen LogP contribution in [0.1, 0.15) is 18.1 Å². The third kappa shape index (κ3) is 5.44. The number of halogens is 1. The number of barbiturate groups is 1. The summed E-state index contributed by atoms with van der Waals surface area (Å²) in [5.41, 5.74) is 1.37. The van der Waals surface area contributed by atoms with Crippen molar-refractivity contribution in [2.45, 2.75) is 13.5 Å². The van der Waals surface area contributed by atoms with Gasteiger partial charge in [-0.15, -0.1) is 0 Å². The Morgan fingerprint density at radius 1 is 0.971 bits per heavy atom. The first kappa shape index (κ1) is 23.8. The van der Waals surface area contributed by atoms with Crippen LogP contribution < -0.4 is 19.7 Å². The summed E-state index contributed by atoms with van der Waals surface area (Å²) in [6, 6.07) is 16.9. The Balaban J connectivity index is 1.61. The van der Waals surface area contributed by atoms with Crippen LogP contribution in [0.2, 0.25) is 5.02 Å². The molecule has 0 saturated carbocycles. The first-order valence-corrected chi connectivity index (χ1v) is 11.1. The first-order chi connectivity index (χ1) is 16.9. The summed E-state index contributed by atoms with van der Waals surface area (Å²) in [5.74, 6) is -0.710. The summed E-state index contributed by atoms with van der Waals surface area (Å²) in [7, 11) is 0. The van der Waals surface area contributed by atoms with E-state index in [2.05, 4.69) is 5.32 Å². The molecule has 3 aromatic carbocycles. The standard InChI is InChI=1S/C26H21ClN2O6/c1-2-34-23-14-16(6-11-22(23)35-15-17-4-3-5-18(27)12-17)13-21-24(31)28-26(33)29(25(21)32)19-7-9-20(30)10-8-19/h3-14,30H,2,15H2,1H3,(H,28,31,33)/b21-13+. The van der Waals surface area contributed by atoms with Gasteiger partial charge in [0, 0.05) is 5.02 Å². The predicted molar refractivity (Wildman–Crippen MR) is 131 cm³/mol. The van der Waals surface area contributed by atoms with E-state index in [0.717, 1.165) is 10.5 Å². The van der Waals surface area contributed by atoms with Crippen molar-refractivity contribution in [1.29, 1.82) is 0 Å². The molecule has 3 aromatic rings. The van der Waals surface area contributed by atoms with E-state index >= 15 is 0 Å². The molecule has 0 aliphatic carbocycles. The second-order valence-corrected chi connectivity index (χ2v) is 7.97. The molecule has 1 aliphatic rings. The number of ether oxygens (including phenoxy) is 2. The number of phenolic OH excluding ortho intramolecular Hbond substituents is 1. The molecule has 178 valence electrons. The Morgan fingerprint density at radius 3 is 2.46 bits per heavy atom. The summed E-state index contributed by atoms with van der Waals surface area (Å²) in [6.45, 7) is 2.47. The average molecular weight is 493 g/mol. The molecule has 0 atom stereocenters. The average Bonchev–Trinajstić information content (AvgIpc) is 2.82. The number of benzene rings is 3. The molecule has 1 aliphatic heterocycles. The van der Waals surface area contributed by atoms with Crippen molar-refractivity contribution < 1.29 is 29.0 Å². The number of rotatable bonds is 7. The number of phenols is 1. The van der Waals surface area contributed by atoms with E-state index in [1.165, 1.54) is 30.3 Å². The summed E-state index contributed by atoms with van der Waals surface area (Å²) in [4.78, 5) is 38.7. The SMILES string of the molecule is CCOc1cc(/C=C2\C(=O)NC(=O)N(c3ccc(O)cc3)C2=O)ccc1OCc1cccc(Cl)c1. The molecule has 9 heteroatoms. The minimum atomic E-state index is -0.873. The van der Waals surface area contributed by atoms with Gasteiger partial charge in [-0.1, -0.05) is 29.8 Å². The maximum atomic E-state index is 13.0. The monoisotopic (exact) mass is 492 g/mol. The molecule has 2 N–H and O–H groups in total. The lowest BCUT2D eigenvalue weighted by molar-refractivity contribution is -0.122. The number of carbonyl (C=O) groups is 3. The number of anilines is 1. The Bertz CT molecular complexity index is 1320. The highest BCUT2D eigenvalue weighted by atomic mass is 35.5. The molecule has 1 saturated heterocycles. The van der Waals surface area contributed by atoms with Gasteiger partial charge in [0.2, 0.25) is 0 Å². The third-order valence-electron chi connectivity index (χ3n) is 5.07. The van der Waals surface area contributed by atoms with E-state index in [4.69, 9.17) is 21.1 Å². The summed E-state index contributed by atoms with van der Waals surface area (Å²) >= 11 is 6.03. The van der Waals surface area contributed by atoms with Crippen LogP contribution in [0.25, 0.3) is 6.08 Å². The molecular weight excluding hydrogens is 472 g/mol. The van der Waals surface area contributed by atoms with Crippen molar-refractivity contribution in [3.63, 3.8) is 0 Å². The number of nitrogens with one attached hydrogen (secondary N) is 1. The van der Waals surface area contributed by atoms with Crippen molar-refractivity contribution in [3.05, 3.63) is 88.5 Å². The van der Waals surface area contributed by atoms with Crippen molar-refractivity contribution in [1.82, 2.24) is 5.32 Å². The zero-order chi connectivity index (χ0) is 24.9. The van der Waals surface area contributed by atoms with E-state index in [9.17, 15) is 19.5 Å². The highest BCUT2D eigenvalue weighted by Crippen LogP contribution is 2.31. The number of amides is 4. The molecule has 35 heavy (non-hydrogen) atoms. The molecule has 0 radical (unpaired) electrons. The van der Waals surface area contributed by atoms with Gasteiger partial charge >= 0.3 is 6.03 Å². The summed E-state index contributed by atoms with van der Waals surface area (Å²) in [6.07, 6.45) is 1.38. The van der Waals surface area contributed by atoms with Crippen molar-refractivity contribution in [3.8, 4) is 17.2 Å². The van der Waals surface area contributed by atoms with E-state index in [1.807, 2.05) is 19.1 Å². The van der Waals surface area contributed by atoms with Gasteiger partial charge in [-0.3, -0.25) is 14.9 Å². The molecule has 4 rings (SSSR count). The van der Waals surface area contributed by atoms with E-state index < -0.39 is 17.8 Å². The summed E-state index contributed by atoms with van der Waals surface area (Å²) in [5, 5.41) is 12.3. The summed E-state index contributed by atoms with van der Waals surface area (Å²) < 4.78 is 11.6. The maximum absolute atomic E-state index is 13.0. The molecule has 4 amide bonds. The Kier molecular flexibility index (Phi) is 7.03. The van der Waals surface area contributed by atoms with Crippen LogP contribution >= 0.6 is 11.6 Å². The van der Waals surface area contributed by atoms with Gasteiger partial charge in [0.1, 0.15) is 17.9 Å². The zero-order valence-corrected chi connectivity index (χ0v) is 19.4. The molecule has 1 fully saturated rings. The lowest BCUT2D eigenvalue weighted by atomic mass is 10.1. The fraction of sp³-hybridized carbons (Fsp3) is 0.115. The van der Waals surface area contributed by atoms with Crippen LogP contribution in [-0.4, -0.2) is 29.6 Å². The number of nitrogens with zero attached hydrogens (tertiary/aromatic N) is 1. The van der Waals surface area contributed by atoms with Crippen LogP contribution in [0.15, 0.2) is 72.3 Å². The van der Waals surface area contributed by atoms with Crippen molar-refractivity contribution >= 4 is 41.2 Å². The van der Waals surface area contributed by atoms with Gasteiger partial charge < -0.3 is 14.6 Å². The minimum Gasteiger partial charge on any atom is -0.508 e. The van der Waals surface area contributed by atoms with Crippen LogP contribution in [-0.2, 0) is 16.2 Å². The van der Waals surface area contributed by atoms with E-state index in [-0.39, 0.29) is 23.6 Å². The lowest BCUT2D eigenvalue weighted by Crippen LogP contribution is -2.54. The van der Waals surface area contributed by atoms with Gasteiger partial charge in [-0.25, -0.2) is 9.69 Å². The number of imide groups is 2. The molecular formula is C26H21ClN2O6. The number of aromatic hydroxyl groups is 1. The number of urea groups is 1. The fourth-order valence-corrected chi connectivity index (χ4v) is 3.66. The number of carbonyl (C=O) groups excluding carboxylic acids is 3. The van der Waals surface area contributed by atoms with Gasteiger partial charge in [-0.2, -0.15) is 0 Å². The largest absolute Gasteiger partial charge is 0.508 e. The molecule has 0 spiro atoms. The third-order valence-corrected chi connectivity index (χ3v) is 5.31. The molecule has 8 nitrogen and oxygen atoms in total. The topological polar surface area (TPSA) is 105 Å². The lowest BCUT2D eigenvalue weighted by Gasteiger charge is -2.26. The van der Waals surface area contributed by atoms with Crippen molar-refractivity contribution in [2.24, 2.45) is 0 Å². The smallest absolute Gasteiger partial charge is 0.335 e. The predicted octanol–water partition coefficient (Wildman–Crippen LogP) is 4.69. The van der Waals surface area contributed by atoms with Gasteiger partial charge in [0.05, 0.1) is 12.3 Å². The van der Waals surface area contributed by atoms with Crippen LogP contribution in [0.3, 0.4) is 0 Å². The zero-order valence-electron chi connectivity index (χ0n) is 18.7. The first-order valence-electron chi connectivity index (χ1n) is 10.7. The normalized spacial score (nSPS) is 14.7. The second-order valence-electron chi connectivity index (χ2n) is 7.53. The Labute approximate surface area is 206 Å². The fourth-order valence-electron chi connectivity index (χ4n) is 3.45. The second kappa shape index (κ2) is 10.3. The molecule has 0 aromatic heterocycles.